The second-order valence-corrected chi connectivity index (χ2v) is 5.25. The van der Waals surface area contributed by atoms with E-state index in [1.54, 1.807) is 30.3 Å². The fourth-order valence-electron chi connectivity index (χ4n) is 2.14. The molecule has 4 nitrogen and oxygen atoms in total. The molecule has 3 aromatic rings. The molecule has 0 radical (unpaired) electrons. The highest BCUT2D eigenvalue weighted by molar-refractivity contribution is 6.32. The number of para-hydroxylation sites is 1. The molecule has 0 atom stereocenters. The molecule has 23 heavy (non-hydrogen) atoms. The van der Waals surface area contributed by atoms with Gasteiger partial charge < -0.3 is 5.32 Å². The van der Waals surface area contributed by atoms with Crippen LogP contribution in [0.1, 0.15) is 5.56 Å². The minimum absolute atomic E-state index is 0.0141. The Morgan fingerprint density at radius 2 is 1.78 bits per heavy atom. The van der Waals surface area contributed by atoms with Crippen LogP contribution in [0.25, 0.3) is 5.69 Å². The Morgan fingerprint density at radius 1 is 1.09 bits per heavy atom. The largest absolute Gasteiger partial charge is 0.378 e. The molecule has 2 aromatic carbocycles. The molecule has 0 saturated heterocycles. The molecule has 0 spiro atoms. The maximum atomic E-state index is 13.6. The third kappa shape index (κ3) is 3.24. The lowest BCUT2D eigenvalue weighted by atomic mass is 10.2. The number of anilines is 1. The van der Waals surface area contributed by atoms with E-state index in [0.29, 0.717) is 16.9 Å². The molecule has 3 rings (SSSR count). The molecular formula is C17H13ClFN3O. The van der Waals surface area contributed by atoms with E-state index in [-0.39, 0.29) is 17.4 Å². The van der Waals surface area contributed by atoms with Gasteiger partial charge in [0.1, 0.15) is 10.8 Å². The van der Waals surface area contributed by atoms with E-state index >= 15 is 0 Å². The lowest BCUT2D eigenvalue weighted by Crippen LogP contribution is -2.22. The molecule has 1 N–H and O–H groups in total. The van der Waals surface area contributed by atoms with Gasteiger partial charge in [0.15, 0.2) is 0 Å². The fourth-order valence-corrected chi connectivity index (χ4v) is 2.34. The minimum atomic E-state index is -0.434. The summed E-state index contributed by atoms with van der Waals surface area (Å²) in [6.45, 7) is 0.211. The van der Waals surface area contributed by atoms with Crippen molar-refractivity contribution in [3.05, 3.63) is 87.6 Å². The van der Waals surface area contributed by atoms with E-state index < -0.39 is 5.56 Å². The summed E-state index contributed by atoms with van der Waals surface area (Å²) >= 11 is 6.12. The lowest BCUT2D eigenvalue weighted by Gasteiger charge is -2.10. The van der Waals surface area contributed by atoms with Crippen LogP contribution in [0.2, 0.25) is 5.02 Å². The topological polar surface area (TPSA) is 46.9 Å². The van der Waals surface area contributed by atoms with E-state index in [1.807, 2.05) is 18.2 Å². The van der Waals surface area contributed by atoms with E-state index in [1.165, 1.54) is 16.9 Å². The van der Waals surface area contributed by atoms with Crippen LogP contribution < -0.4 is 10.9 Å². The van der Waals surface area contributed by atoms with E-state index in [2.05, 4.69) is 10.4 Å². The Kier molecular flexibility index (Phi) is 4.39. The van der Waals surface area contributed by atoms with Gasteiger partial charge in [-0.2, -0.15) is 9.78 Å². The summed E-state index contributed by atoms with van der Waals surface area (Å²) in [7, 11) is 0. The van der Waals surface area contributed by atoms with Crippen molar-refractivity contribution in [2.75, 3.05) is 5.32 Å². The molecule has 1 heterocycles. The summed E-state index contributed by atoms with van der Waals surface area (Å²) in [6.07, 6.45) is 1.46. The van der Waals surface area contributed by atoms with Crippen LogP contribution in [-0.2, 0) is 6.54 Å². The smallest absolute Gasteiger partial charge is 0.292 e. The molecule has 6 heteroatoms. The Balaban J connectivity index is 1.87. The van der Waals surface area contributed by atoms with Gasteiger partial charge in [0.2, 0.25) is 0 Å². The number of hydrogen-bond acceptors (Lipinski definition) is 3. The first-order chi connectivity index (χ1) is 11.2. The van der Waals surface area contributed by atoms with Gasteiger partial charge in [-0.1, -0.05) is 48.0 Å². The molecule has 0 aliphatic carbocycles. The summed E-state index contributed by atoms with van der Waals surface area (Å²) in [6, 6.07) is 15.4. The fraction of sp³-hybridized carbons (Fsp3) is 0.0588. The minimum Gasteiger partial charge on any atom is -0.378 e. The van der Waals surface area contributed by atoms with Gasteiger partial charge in [-0.25, -0.2) is 4.39 Å². The van der Waals surface area contributed by atoms with Crippen molar-refractivity contribution in [1.29, 1.82) is 0 Å². The van der Waals surface area contributed by atoms with Crippen molar-refractivity contribution in [3.63, 3.8) is 0 Å². The van der Waals surface area contributed by atoms with Gasteiger partial charge in [-0.15, -0.1) is 0 Å². The number of aromatic nitrogens is 2. The molecule has 0 bridgehead atoms. The Labute approximate surface area is 137 Å². The quantitative estimate of drug-likeness (QED) is 0.795. The first-order valence-corrected chi connectivity index (χ1v) is 7.35. The first-order valence-electron chi connectivity index (χ1n) is 6.97. The predicted octanol–water partition coefficient (Wildman–Crippen LogP) is 3.64. The van der Waals surface area contributed by atoms with E-state index in [4.69, 9.17) is 11.6 Å². The Hall–Kier alpha value is -2.66. The summed E-state index contributed by atoms with van der Waals surface area (Å²) in [5, 5.41) is 7.06. The van der Waals surface area contributed by atoms with Crippen molar-refractivity contribution in [1.82, 2.24) is 9.78 Å². The number of rotatable bonds is 4. The van der Waals surface area contributed by atoms with Gasteiger partial charge in [0.25, 0.3) is 5.56 Å². The van der Waals surface area contributed by atoms with Crippen molar-refractivity contribution in [2.24, 2.45) is 0 Å². The van der Waals surface area contributed by atoms with Gasteiger partial charge in [0, 0.05) is 12.1 Å². The third-order valence-corrected chi connectivity index (χ3v) is 3.71. The Morgan fingerprint density at radius 3 is 2.52 bits per heavy atom. The van der Waals surface area contributed by atoms with E-state index in [9.17, 15) is 9.18 Å². The summed E-state index contributed by atoms with van der Waals surface area (Å²) in [5.74, 6) is -0.318. The van der Waals surface area contributed by atoms with E-state index in [0.717, 1.165) is 0 Å². The molecule has 0 amide bonds. The number of benzene rings is 2. The maximum Gasteiger partial charge on any atom is 0.292 e. The number of hydrogen-bond donors (Lipinski definition) is 1. The van der Waals surface area contributed by atoms with Crippen molar-refractivity contribution in [2.45, 2.75) is 6.54 Å². The summed E-state index contributed by atoms with van der Waals surface area (Å²) in [5.41, 5.74) is 1.04. The summed E-state index contributed by atoms with van der Waals surface area (Å²) < 4.78 is 14.8. The van der Waals surface area contributed by atoms with Crippen LogP contribution in [0.3, 0.4) is 0 Å². The number of nitrogens with one attached hydrogen (secondary N) is 1. The molecule has 1 aromatic heterocycles. The highest BCUT2D eigenvalue weighted by atomic mass is 35.5. The molecule has 0 fully saturated rings. The zero-order valence-corrected chi connectivity index (χ0v) is 12.8. The molecular weight excluding hydrogens is 317 g/mol. The zero-order chi connectivity index (χ0) is 16.2. The van der Waals surface area contributed by atoms with Crippen LogP contribution in [0.4, 0.5) is 10.1 Å². The van der Waals surface area contributed by atoms with Crippen molar-refractivity contribution < 1.29 is 4.39 Å². The second-order valence-electron chi connectivity index (χ2n) is 4.87. The SMILES string of the molecule is O=c1c(Cl)c(NCc2ccccc2F)cnn1-c1ccccc1. The second kappa shape index (κ2) is 6.62. The van der Waals surface area contributed by atoms with Crippen LogP contribution >= 0.6 is 11.6 Å². The molecule has 0 aliphatic heterocycles. The van der Waals surface area contributed by atoms with Gasteiger partial charge in [0.05, 0.1) is 17.6 Å². The molecule has 0 saturated carbocycles. The monoisotopic (exact) mass is 329 g/mol. The third-order valence-electron chi connectivity index (χ3n) is 3.35. The summed E-state index contributed by atoms with van der Waals surface area (Å²) in [4.78, 5) is 12.3. The first kappa shape index (κ1) is 15.2. The predicted molar refractivity (Wildman–Crippen MR) is 88.6 cm³/mol. The van der Waals surface area contributed by atoms with Crippen LogP contribution in [0, 0.1) is 5.82 Å². The van der Waals surface area contributed by atoms with Crippen LogP contribution in [0.5, 0.6) is 0 Å². The Bertz CT molecular complexity index is 881. The van der Waals surface area contributed by atoms with Crippen LogP contribution in [-0.4, -0.2) is 9.78 Å². The normalized spacial score (nSPS) is 10.5. The van der Waals surface area contributed by atoms with Crippen molar-refractivity contribution >= 4 is 17.3 Å². The molecule has 0 unspecified atom stereocenters. The van der Waals surface area contributed by atoms with Gasteiger partial charge in [-0.05, 0) is 18.2 Å². The van der Waals surface area contributed by atoms with Crippen molar-refractivity contribution in [3.8, 4) is 5.69 Å². The zero-order valence-electron chi connectivity index (χ0n) is 12.0. The maximum absolute atomic E-state index is 13.6. The average Bonchev–Trinajstić information content (AvgIpc) is 2.58. The number of nitrogens with zero attached hydrogens (tertiary/aromatic N) is 2. The lowest BCUT2D eigenvalue weighted by molar-refractivity contribution is 0.613. The average molecular weight is 330 g/mol. The van der Waals surface area contributed by atoms with Crippen LogP contribution in [0.15, 0.2) is 65.6 Å². The molecule has 116 valence electrons. The highest BCUT2D eigenvalue weighted by Gasteiger charge is 2.11. The van der Waals surface area contributed by atoms with Gasteiger partial charge in [-0.3, -0.25) is 4.79 Å². The number of halogens is 2. The standard InChI is InChI=1S/C17H13ClFN3O/c18-16-15(20-10-12-6-4-5-9-14(12)19)11-21-22(17(16)23)13-7-2-1-3-8-13/h1-9,11,20H,10H2. The highest BCUT2D eigenvalue weighted by Crippen LogP contribution is 2.18. The van der Waals surface area contributed by atoms with Gasteiger partial charge >= 0.3 is 0 Å². The molecule has 0 aliphatic rings.